The van der Waals surface area contributed by atoms with Crippen molar-refractivity contribution in [3.8, 4) is 5.75 Å². The molecule has 130 valence electrons. The Morgan fingerprint density at radius 2 is 1.84 bits per heavy atom. The van der Waals surface area contributed by atoms with Crippen LogP contribution in [0.25, 0.3) is 0 Å². The van der Waals surface area contributed by atoms with E-state index in [0.717, 1.165) is 0 Å². The van der Waals surface area contributed by atoms with E-state index in [4.69, 9.17) is 27.9 Å². The number of carbonyl (C=O) groups excluding carboxylic acids is 2. The van der Waals surface area contributed by atoms with Crippen LogP contribution in [0.1, 0.15) is 12.0 Å². The SMILES string of the molecule is COc1ccc(NC(=O)CC(=O)NN=Cc2cccc(Cl)c2Cl)cc1. The van der Waals surface area contributed by atoms with Crippen LogP contribution < -0.4 is 15.5 Å². The number of amides is 2. The summed E-state index contributed by atoms with van der Waals surface area (Å²) >= 11 is 11.9. The smallest absolute Gasteiger partial charge is 0.249 e. The fourth-order valence-electron chi connectivity index (χ4n) is 1.86. The summed E-state index contributed by atoms with van der Waals surface area (Å²) in [7, 11) is 1.55. The third-order valence-electron chi connectivity index (χ3n) is 3.07. The molecule has 0 aromatic heterocycles. The number of carbonyl (C=O) groups is 2. The van der Waals surface area contributed by atoms with Crippen LogP contribution in [0.5, 0.6) is 5.75 Å². The maximum Gasteiger partial charge on any atom is 0.249 e. The molecule has 25 heavy (non-hydrogen) atoms. The highest BCUT2D eigenvalue weighted by atomic mass is 35.5. The maximum absolute atomic E-state index is 11.8. The number of hydrogen-bond acceptors (Lipinski definition) is 4. The van der Waals surface area contributed by atoms with Crippen molar-refractivity contribution in [1.82, 2.24) is 5.43 Å². The topological polar surface area (TPSA) is 79.8 Å². The molecule has 0 aliphatic heterocycles. The number of hydrogen-bond donors (Lipinski definition) is 2. The summed E-state index contributed by atoms with van der Waals surface area (Å²) in [6.45, 7) is 0. The van der Waals surface area contributed by atoms with E-state index in [9.17, 15) is 9.59 Å². The molecule has 8 heteroatoms. The summed E-state index contributed by atoms with van der Waals surface area (Å²) in [4.78, 5) is 23.5. The van der Waals surface area contributed by atoms with Crippen molar-refractivity contribution >= 4 is 46.9 Å². The van der Waals surface area contributed by atoms with E-state index in [1.54, 1.807) is 49.6 Å². The number of anilines is 1. The first kappa shape index (κ1) is 18.8. The molecule has 6 nitrogen and oxygen atoms in total. The van der Waals surface area contributed by atoms with Crippen molar-refractivity contribution in [2.24, 2.45) is 5.10 Å². The van der Waals surface area contributed by atoms with Gasteiger partial charge in [0, 0.05) is 11.3 Å². The fourth-order valence-corrected chi connectivity index (χ4v) is 2.22. The van der Waals surface area contributed by atoms with Crippen molar-refractivity contribution in [2.75, 3.05) is 12.4 Å². The Kier molecular flexibility index (Phi) is 6.80. The number of ether oxygens (including phenoxy) is 1. The van der Waals surface area contributed by atoms with Gasteiger partial charge in [0.25, 0.3) is 0 Å². The average molecular weight is 380 g/mol. The van der Waals surface area contributed by atoms with Gasteiger partial charge in [0.05, 0.1) is 23.4 Å². The van der Waals surface area contributed by atoms with Gasteiger partial charge < -0.3 is 10.1 Å². The summed E-state index contributed by atoms with van der Waals surface area (Å²) in [5.74, 6) is -0.344. The minimum atomic E-state index is -0.555. The highest BCUT2D eigenvalue weighted by Crippen LogP contribution is 2.24. The molecule has 0 aliphatic rings. The van der Waals surface area contributed by atoms with Crippen LogP contribution in [0.15, 0.2) is 47.6 Å². The average Bonchev–Trinajstić information content (AvgIpc) is 2.59. The van der Waals surface area contributed by atoms with Crippen molar-refractivity contribution in [1.29, 1.82) is 0 Å². The molecule has 0 bridgehead atoms. The first-order valence-corrected chi connectivity index (χ1v) is 7.95. The zero-order valence-corrected chi connectivity index (χ0v) is 14.8. The molecule has 0 atom stereocenters. The Morgan fingerprint density at radius 3 is 2.52 bits per heavy atom. The zero-order valence-electron chi connectivity index (χ0n) is 13.3. The number of benzene rings is 2. The standard InChI is InChI=1S/C17H15Cl2N3O3/c1-25-13-7-5-12(6-8-13)21-15(23)9-16(24)22-20-10-11-3-2-4-14(18)17(11)19/h2-8,10H,9H2,1H3,(H,21,23)(H,22,24). The Morgan fingerprint density at radius 1 is 1.12 bits per heavy atom. The van der Waals surface area contributed by atoms with Gasteiger partial charge in [-0.25, -0.2) is 5.43 Å². The lowest BCUT2D eigenvalue weighted by atomic mass is 10.2. The van der Waals surface area contributed by atoms with Crippen LogP contribution >= 0.6 is 23.2 Å². The van der Waals surface area contributed by atoms with E-state index in [1.807, 2.05) is 0 Å². The quantitative estimate of drug-likeness (QED) is 0.458. The molecule has 2 aromatic rings. The first-order chi connectivity index (χ1) is 12.0. The van der Waals surface area contributed by atoms with Gasteiger partial charge in [-0.3, -0.25) is 9.59 Å². The van der Waals surface area contributed by atoms with Crippen LogP contribution in [0, 0.1) is 0 Å². The van der Waals surface area contributed by atoms with Crippen LogP contribution in [0.2, 0.25) is 10.0 Å². The molecular formula is C17H15Cl2N3O3. The molecule has 2 N–H and O–H groups in total. The Hall–Kier alpha value is -2.57. The second-order valence-electron chi connectivity index (χ2n) is 4.89. The third kappa shape index (κ3) is 5.77. The lowest BCUT2D eigenvalue weighted by molar-refractivity contribution is -0.126. The molecule has 0 radical (unpaired) electrons. The van der Waals surface area contributed by atoms with Crippen molar-refractivity contribution in [2.45, 2.75) is 6.42 Å². The number of hydrazone groups is 1. The van der Waals surface area contributed by atoms with Gasteiger partial charge in [-0.15, -0.1) is 0 Å². The number of halogens is 2. The normalized spacial score (nSPS) is 10.5. The van der Waals surface area contributed by atoms with Gasteiger partial charge in [-0.05, 0) is 30.3 Å². The fraction of sp³-hybridized carbons (Fsp3) is 0.118. The van der Waals surface area contributed by atoms with E-state index in [2.05, 4.69) is 15.8 Å². The van der Waals surface area contributed by atoms with Crippen molar-refractivity contribution in [3.63, 3.8) is 0 Å². The molecule has 0 aliphatic carbocycles. The second kappa shape index (κ2) is 9.05. The van der Waals surface area contributed by atoms with Crippen LogP contribution in [0.4, 0.5) is 5.69 Å². The van der Waals surface area contributed by atoms with E-state index in [0.29, 0.717) is 27.0 Å². The Labute approximate surface area is 154 Å². The van der Waals surface area contributed by atoms with Crippen LogP contribution in [0.3, 0.4) is 0 Å². The Bertz CT molecular complexity index is 792. The molecule has 0 heterocycles. The molecule has 2 aromatic carbocycles. The minimum Gasteiger partial charge on any atom is -0.497 e. The molecule has 0 fully saturated rings. The molecule has 2 rings (SSSR count). The van der Waals surface area contributed by atoms with Crippen molar-refractivity contribution in [3.05, 3.63) is 58.1 Å². The zero-order chi connectivity index (χ0) is 18.2. The summed E-state index contributed by atoms with van der Waals surface area (Å²) in [5, 5.41) is 7.08. The molecule has 2 amide bonds. The van der Waals surface area contributed by atoms with E-state index < -0.39 is 11.8 Å². The van der Waals surface area contributed by atoms with Gasteiger partial charge in [-0.1, -0.05) is 35.3 Å². The Balaban J connectivity index is 1.83. The third-order valence-corrected chi connectivity index (χ3v) is 3.90. The monoisotopic (exact) mass is 379 g/mol. The van der Waals surface area contributed by atoms with Crippen LogP contribution in [-0.4, -0.2) is 25.1 Å². The predicted molar refractivity (Wildman–Crippen MR) is 98.4 cm³/mol. The van der Waals surface area contributed by atoms with Gasteiger partial charge >= 0.3 is 0 Å². The van der Waals surface area contributed by atoms with Crippen LogP contribution in [-0.2, 0) is 9.59 Å². The minimum absolute atomic E-state index is 0.333. The van der Waals surface area contributed by atoms with E-state index >= 15 is 0 Å². The van der Waals surface area contributed by atoms with Gasteiger partial charge in [-0.2, -0.15) is 5.10 Å². The molecule has 0 saturated carbocycles. The number of nitrogens with one attached hydrogen (secondary N) is 2. The largest absolute Gasteiger partial charge is 0.497 e. The predicted octanol–water partition coefficient (Wildman–Crippen LogP) is 3.48. The highest BCUT2D eigenvalue weighted by Gasteiger charge is 2.09. The number of methoxy groups -OCH3 is 1. The highest BCUT2D eigenvalue weighted by molar-refractivity contribution is 6.43. The van der Waals surface area contributed by atoms with Gasteiger partial charge in [0.1, 0.15) is 12.2 Å². The van der Waals surface area contributed by atoms with Crippen molar-refractivity contribution < 1.29 is 14.3 Å². The molecule has 0 spiro atoms. The molecular weight excluding hydrogens is 365 g/mol. The lowest BCUT2D eigenvalue weighted by Crippen LogP contribution is -2.24. The molecule has 0 saturated heterocycles. The summed E-state index contributed by atoms with van der Waals surface area (Å²) in [5.41, 5.74) is 3.38. The van der Waals surface area contributed by atoms with Gasteiger partial charge in [0.2, 0.25) is 11.8 Å². The summed E-state index contributed by atoms with van der Waals surface area (Å²) in [6, 6.07) is 11.8. The first-order valence-electron chi connectivity index (χ1n) is 7.19. The summed E-state index contributed by atoms with van der Waals surface area (Å²) < 4.78 is 5.02. The second-order valence-corrected chi connectivity index (χ2v) is 5.67. The van der Waals surface area contributed by atoms with E-state index in [1.165, 1.54) is 6.21 Å². The maximum atomic E-state index is 11.8. The van der Waals surface area contributed by atoms with Gasteiger partial charge in [0.15, 0.2) is 0 Å². The number of rotatable bonds is 6. The summed E-state index contributed by atoms with van der Waals surface area (Å²) in [6.07, 6.45) is 0.986. The molecule has 0 unspecified atom stereocenters. The van der Waals surface area contributed by atoms with E-state index in [-0.39, 0.29) is 6.42 Å². The lowest BCUT2D eigenvalue weighted by Gasteiger charge is -2.05. The number of nitrogens with zero attached hydrogens (tertiary/aromatic N) is 1.